The minimum atomic E-state index is 0.146. The molecule has 1 aromatic heterocycles. The highest BCUT2D eigenvalue weighted by Crippen LogP contribution is 2.11. The van der Waals surface area contributed by atoms with Crippen molar-refractivity contribution in [1.82, 2.24) is 20.6 Å². The number of fused-ring (bicyclic) bond motifs is 1. The van der Waals surface area contributed by atoms with Crippen molar-refractivity contribution in [1.29, 1.82) is 0 Å². The van der Waals surface area contributed by atoms with Crippen LogP contribution in [0.15, 0.2) is 24.5 Å². The molecule has 1 heterocycles. The van der Waals surface area contributed by atoms with Gasteiger partial charge in [-0.25, -0.2) is 4.98 Å². The fourth-order valence-corrected chi connectivity index (χ4v) is 1.86. The number of rotatable bonds is 6. The van der Waals surface area contributed by atoms with E-state index in [-0.39, 0.29) is 5.54 Å². The third-order valence-corrected chi connectivity index (χ3v) is 3.32. The molecule has 0 aliphatic heterocycles. The Morgan fingerprint density at radius 3 is 2.94 bits per heavy atom. The number of nitrogens with one attached hydrogen (secondary N) is 3. The molecule has 0 unspecified atom stereocenters. The summed E-state index contributed by atoms with van der Waals surface area (Å²) >= 11 is 0. The Bertz CT molecular complexity index is 501. The zero-order chi connectivity index (χ0) is 13.0. The summed E-state index contributed by atoms with van der Waals surface area (Å²) in [6.45, 7) is 6.34. The molecule has 4 nitrogen and oxygen atoms in total. The third kappa shape index (κ3) is 3.31. The zero-order valence-electron chi connectivity index (χ0n) is 11.4. The fourth-order valence-electron chi connectivity index (χ4n) is 1.86. The van der Waals surface area contributed by atoms with E-state index in [0.29, 0.717) is 0 Å². The van der Waals surface area contributed by atoms with E-state index in [9.17, 15) is 0 Å². The molecule has 2 rings (SSSR count). The second kappa shape index (κ2) is 5.50. The number of benzene rings is 1. The topological polar surface area (TPSA) is 52.7 Å². The van der Waals surface area contributed by atoms with Crippen molar-refractivity contribution in [2.75, 3.05) is 20.1 Å². The number of aromatic amines is 1. The van der Waals surface area contributed by atoms with Crippen molar-refractivity contribution in [3.8, 4) is 0 Å². The molecule has 0 aliphatic rings. The van der Waals surface area contributed by atoms with Crippen LogP contribution >= 0.6 is 0 Å². The van der Waals surface area contributed by atoms with E-state index in [1.165, 1.54) is 5.56 Å². The van der Waals surface area contributed by atoms with Gasteiger partial charge in [-0.05, 0) is 51.6 Å². The summed E-state index contributed by atoms with van der Waals surface area (Å²) in [6.07, 6.45) is 2.77. The SMILES string of the molecule is CNC(C)(C)CNCCc1ccc2nc[nH]c2c1. The van der Waals surface area contributed by atoms with Crippen LogP contribution < -0.4 is 10.6 Å². The van der Waals surface area contributed by atoms with E-state index >= 15 is 0 Å². The number of likely N-dealkylation sites (N-methyl/N-ethyl adjacent to an activating group) is 1. The monoisotopic (exact) mass is 246 g/mol. The first-order chi connectivity index (χ1) is 8.61. The van der Waals surface area contributed by atoms with Crippen LogP contribution in [-0.2, 0) is 6.42 Å². The largest absolute Gasteiger partial charge is 0.345 e. The lowest BCUT2D eigenvalue weighted by atomic mass is 10.1. The Morgan fingerprint density at radius 1 is 1.33 bits per heavy atom. The predicted octanol–water partition coefficient (Wildman–Crippen LogP) is 1.69. The maximum absolute atomic E-state index is 4.22. The lowest BCUT2D eigenvalue weighted by molar-refractivity contribution is 0.395. The molecular formula is C14H22N4. The molecule has 2 aromatic rings. The van der Waals surface area contributed by atoms with Crippen molar-refractivity contribution in [3.63, 3.8) is 0 Å². The van der Waals surface area contributed by atoms with Gasteiger partial charge in [0.15, 0.2) is 0 Å². The molecule has 0 bridgehead atoms. The van der Waals surface area contributed by atoms with Crippen molar-refractivity contribution in [3.05, 3.63) is 30.1 Å². The maximum Gasteiger partial charge on any atom is 0.0931 e. The molecule has 4 heteroatoms. The van der Waals surface area contributed by atoms with Gasteiger partial charge in [0.25, 0.3) is 0 Å². The first-order valence-corrected chi connectivity index (χ1v) is 6.42. The average molecular weight is 246 g/mol. The summed E-state index contributed by atoms with van der Waals surface area (Å²) in [5.74, 6) is 0. The Labute approximate surface area is 108 Å². The van der Waals surface area contributed by atoms with Crippen LogP contribution in [0.25, 0.3) is 11.0 Å². The summed E-state index contributed by atoms with van der Waals surface area (Å²) in [4.78, 5) is 7.36. The molecular weight excluding hydrogens is 224 g/mol. The molecule has 18 heavy (non-hydrogen) atoms. The zero-order valence-corrected chi connectivity index (χ0v) is 11.4. The van der Waals surface area contributed by atoms with E-state index in [0.717, 1.165) is 30.5 Å². The number of H-pyrrole nitrogens is 1. The molecule has 0 radical (unpaired) electrons. The van der Waals surface area contributed by atoms with Crippen LogP contribution in [0.5, 0.6) is 0 Å². The molecule has 1 aromatic carbocycles. The first-order valence-electron chi connectivity index (χ1n) is 6.42. The van der Waals surface area contributed by atoms with Gasteiger partial charge in [0, 0.05) is 12.1 Å². The summed E-state index contributed by atoms with van der Waals surface area (Å²) in [5.41, 5.74) is 3.63. The fraction of sp³-hybridized carbons (Fsp3) is 0.500. The van der Waals surface area contributed by atoms with Crippen molar-refractivity contribution in [2.24, 2.45) is 0 Å². The van der Waals surface area contributed by atoms with Crippen LogP contribution in [0.1, 0.15) is 19.4 Å². The summed E-state index contributed by atoms with van der Waals surface area (Å²) in [5, 5.41) is 6.76. The van der Waals surface area contributed by atoms with Crippen LogP contribution in [0.2, 0.25) is 0 Å². The van der Waals surface area contributed by atoms with Gasteiger partial charge in [-0.2, -0.15) is 0 Å². The normalized spacial score (nSPS) is 12.2. The summed E-state index contributed by atoms with van der Waals surface area (Å²) in [6, 6.07) is 6.39. The predicted molar refractivity (Wildman–Crippen MR) is 75.8 cm³/mol. The van der Waals surface area contributed by atoms with E-state index in [4.69, 9.17) is 0 Å². The van der Waals surface area contributed by atoms with Crippen LogP contribution in [0.4, 0.5) is 0 Å². The molecule has 98 valence electrons. The Balaban J connectivity index is 1.83. The van der Waals surface area contributed by atoms with Gasteiger partial charge in [-0.15, -0.1) is 0 Å². The van der Waals surface area contributed by atoms with Crippen molar-refractivity contribution < 1.29 is 0 Å². The minimum absolute atomic E-state index is 0.146. The lowest BCUT2D eigenvalue weighted by Crippen LogP contribution is -2.46. The van der Waals surface area contributed by atoms with Crippen LogP contribution in [0, 0.1) is 0 Å². The Morgan fingerprint density at radius 2 is 2.17 bits per heavy atom. The molecule has 0 amide bonds. The highest BCUT2D eigenvalue weighted by molar-refractivity contribution is 5.75. The maximum atomic E-state index is 4.22. The summed E-state index contributed by atoms with van der Waals surface area (Å²) in [7, 11) is 1.99. The molecule has 0 saturated heterocycles. The van der Waals surface area contributed by atoms with E-state index in [2.05, 4.69) is 52.6 Å². The quantitative estimate of drug-likeness (QED) is 0.680. The molecule has 0 aliphatic carbocycles. The van der Waals surface area contributed by atoms with Gasteiger partial charge in [-0.1, -0.05) is 6.07 Å². The van der Waals surface area contributed by atoms with E-state index < -0.39 is 0 Å². The highest BCUT2D eigenvalue weighted by Gasteiger charge is 2.12. The minimum Gasteiger partial charge on any atom is -0.345 e. The Hall–Kier alpha value is -1.39. The number of hydrogen-bond donors (Lipinski definition) is 3. The smallest absolute Gasteiger partial charge is 0.0931 e. The second-order valence-corrected chi connectivity index (χ2v) is 5.31. The van der Waals surface area contributed by atoms with Crippen LogP contribution in [0.3, 0.4) is 0 Å². The third-order valence-electron chi connectivity index (χ3n) is 3.32. The lowest BCUT2D eigenvalue weighted by Gasteiger charge is -2.24. The molecule has 0 spiro atoms. The van der Waals surface area contributed by atoms with Gasteiger partial charge in [0.1, 0.15) is 0 Å². The average Bonchev–Trinajstić information content (AvgIpc) is 2.82. The van der Waals surface area contributed by atoms with Gasteiger partial charge < -0.3 is 15.6 Å². The van der Waals surface area contributed by atoms with Gasteiger partial charge in [0.05, 0.1) is 17.4 Å². The first kappa shape index (κ1) is 13.1. The van der Waals surface area contributed by atoms with E-state index in [1.54, 1.807) is 6.33 Å². The molecule has 0 fully saturated rings. The number of aromatic nitrogens is 2. The standard InChI is InChI=1S/C14H22N4/c1-14(2,15-3)9-16-7-6-11-4-5-12-13(8-11)18-10-17-12/h4-5,8,10,15-16H,6-7,9H2,1-3H3,(H,17,18). The number of imidazole rings is 1. The molecule has 0 atom stereocenters. The van der Waals surface area contributed by atoms with Gasteiger partial charge in [0.2, 0.25) is 0 Å². The Kier molecular flexibility index (Phi) is 3.99. The summed E-state index contributed by atoms with van der Waals surface area (Å²) < 4.78 is 0. The highest BCUT2D eigenvalue weighted by atomic mass is 15.0. The van der Waals surface area contributed by atoms with Crippen LogP contribution in [-0.4, -0.2) is 35.6 Å². The second-order valence-electron chi connectivity index (χ2n) is 5.31. The van der Waals surface area contributed by atoms with Gasteiger partial charge >= 0.3 is 0 Å². The number of nitrogens with zero attached hydrogens (tertiary/aromatic N) is 1. The number of hydrogen-bond acceptors (Lipinski definition) is 3. The van der Waals surface area contributed by atoms with Crippen molar-refractivity contribution in [2.45, 2.75) is 25.8 Å². The molecule has 3 N–H and O–H groups in total. The molecule has 0 saturated carbocycles. The van der Waals surface area contributed by atoms with Gasteiger partial charge in [-0.3, -0.25) is 0 Å². The van der Waals surface area contributed by atoms with Crippen molar-refractivity contribution >= 4 is 11.0 Å². The van der Waals surface area contributed by atoms with E-state index in [1.807, 2.05) is 7.05 Å².